The maximum atomic E-state index is 12.5. The van der Waals surface area contributed by atoms with Gasteiger partial charge in [-0.1, -0.05) is 18.2 Å². The SMILES string of the molecule is COc1ccc(CCN2C[C@@H](C(=O)NCc3cccnc3)CCC2=O)cc1. The van der Waals surface area contributed by atoms with Crippen molar-refractivity contribution in [2.24, 2.45) is 5.92 Å². The number of hydrogen-bond acceptors (Lipinski definition) is 4. The standard InChI is InChI=1S/C21H25N3O3/c1-27-19-7-4-16(5-8-19)10-12-24-15-18(6-9-20(24)25)21(26)23-14-17-3-2-11-22-13-17/h2-5,7-8,11,13,18H,6,9-10,12,14-15H2,1H3,(H,23,26)/t18-/m0/s1. The number of nitrogens with one attached hydrogen (secondary N) is 1. The van der Waals surface area contributed by atoms with Crippen molar-refractivity contribution < 1.29 is 14.3 Å². The second kappa shape index (κ2) is 9.16. The number of pyridine rings is 1. The number of hydrogen-bond donors (Lipinski definition) is 1. The van der Waals surface area contributed by atoms with Crippen LogP contribution in [-0.4, -0.2) is 41.9 Å². The Bertz CT molecular complexity index is 762. The maximum Gasteiger partial charge on any atom is 0.225 e. The lowest BCUT2D eigenvalue weighted by molar-refractivity contribution is -0.138. The fourth-order valence-electron chi connectivity index (χ4n) is 3.24. The molecule has 0 spiro atoms. The molecule has 0 aliphatic carbocycles. The average molecular weight is 367 g/mol. The second-order valence-electron chi connectivity index (χ2n) is 6.75. The summed E-state index contributed by atoms with van der Waals surface area (Å²) in [6, 6.07) is 11.6. The molecule has 1 fully saturated rings. The van der Waals surface area contributed by atoms with Crippen LogP contribution in [0, 0.1) is 5.92 Å². The minimum Gasteiger partial charge on any atom is -0.497 e. The Morgan fingerprint density at radius 2 is 2.07 bits per heavy atom. The molecule has 0 unspecified atom stereocenters. The summed E-state index contributed by atoms with van der Waals surface area (Å²) in [5.41, 5.74) is 2.11. The van der Waals surface area contributed by atoms with Crippen LogP contribution in [0.25, 0.3) is 0 Å². The normalized spacial score (nSPS) is 16.9. The first-order valence-electron chi connectivity index (χ1n) is 9.23. The summed E-state index contributed by atoms with van der Waals surface area (Å²) in [7, 11) is 1.64. The molecule has 2 heterocycles. The average Bonchev–Trinajstić information content (AvgIpc) is 2.72. The highest BCUT2D eigenvalue weighted by Crippen LogP contribution is 2.19. The van der Waals surface area contributed by atoms with Gasteiger partial charge in [-0.25, -0.2) is 0 Å². The van der Waals surface area contributed by atoms with E-state index in [0.717, 1.165) is 23.3 Å². The van der Waals surface area contributed by atoms with E-state index >= 15 is 0 Å². The largest absolute Gasteiger partial charge is 0.497 e. The van der Waals surface area contributed by atoms with E-state index in [4.69, 9.17) is 4.74 Å². The van der Waals surface area contributed by atoms with E-state index in [1.54, 1.807) is 19.5 Å². The molecule has 142 valence electrons. The zero-order valence-corrected chi connectivity index (χ0v) is 15.6. The molecule has 1 saturated heterocycles. The summed E-state index contributed by atoms with van der Waals surface area (Å²) in [5, 5.41) is 2.96. The number of methoxy groups -OCH3 is 1. The molecular formula is C21H25N3O3. The zero-order valence-electron chi connectivity index (χ0n) is 15.6. The van der Waals surface area contributed by atoms with Gasteiger partial charge in [0.25, 0.3) is 0 Å². The Labute approximate surface area is 159 Å². The number of rotatable bonds is 7. The molecule has 0 radical (unpaired) electrons. The van der Waals surface area contributed by atoms with Gasteiger partial charge in [-0.2, -0.15) is 0 Å². The molecule has 1 aliphatic rings. The number of carbonyl (C=O) groups excluding carboxylic acids is 2. The van der Waals surface area contributed by atoms with E-state index in [-0.39, 0.29) is 17.7 Å². The summed E-state index contributed by atoms with van der Waals surface area (Å²) < 4.78 is 5.16. The number of piperidine rings is 1. The van der Waals surface area contributed by atoms with Crippen LogP contribution >= 0.6 is 0 Å². The summed E-state index contributed by atoms with van der Waals surface area (Å²) in [5.74, 6) is 0.786. The Morgan fingerprint density at radius 1 is 1.26 bits per heavy atom. The Morgan fingerprint density at radius 3 is 2.78 bits per heavy atom. The molecule has 27 heavy (non-hydrogen) atoms. The highest BCUT2D eigenvalue weighted by molar-refractivity contribution is 5.83. The predicted octanol–water partition coefficient (Wildman–Crippen LogP) is 2.19. The number of likely N-dealkylation sites (tertiary alicyclic amines) is 1. The minimum atomic E-state index is -0.157. The van der Waals surface area contributed by atoms with Gasteiger partial charge in [0.2, 0.25) is 11.8 Å². The summed E-state index contributed by atoms with van der Waals surface area (Å²) in [6.45, 7) is 1.56. The monoisotopic (exact) mass is 367 g/mol. The third-order valence-electron chi connectivity index (χ3n) is 4.89. The van der Waals surface area contributed by atoms with Crippen LogP contribution in [0.4, 0.5) is 0 Å². The van der Waals surface area contributed by atoms with Gasteiger partial charge in [0, 0.05) is 38.4 Å². The first kappa shape index (κ1) is 18.9. The van der Waals surface area contributed by atoms with Crippen molar-refractivity contribution in [1.29, 1.82) is 0 Å². The van der Waals surface area contributed by atoms with Crippen LogP contribution in [0.15, 0.2) is 48.8 Å². The van der Waals surface area contributed by atoms with E-state index in [9.17, 15) is 9.59 Å². The number of aromatic nitrogens is 1. The quantitative estimate of drug-likeness (QED) is 0.814. The molecule has 1 aliphatic heterocycles. The van der Waals surface area contributed by atoms with Gasteiger partial charge in [0.05, 0.1) is 13.0 Å². The van der Waals surface area contributed by atoms with Crippen LogP contribution in [0.1, 0.15) is 24.0 Å². The van der Waals surface area contributed by atoms with E-state index in [2.05, 4.69) is 10.3 Å². The highest BCUT2D eigenvalue weighted by Gasteiger charge is 2.29. The van der Waals surface area contributed by atoms with E-state index in [1.165, 1.54) is 0 Å². The Kier molecular flexibility index (Phi) is 6.41. The van der Waals surface area contributed by atoms with Gasteiger partial charge in [0.1, 0.15) is 5.75 Å². The van der Waals surface area contributed by atoms with Crippen molar-refractivity contribution in [2.75, 3.05) is 20.2 Å². The van der Waals surface area contributed by atoms with Crippen molar-refractivity contribution in [3.63, 3.8) is 0 Å². The molecule has 2 aromatic rings. The smallest absolute Gasteiger partial charge is 0.225 e. The topological polar surface area (TPSA) is 71.5 Å². The van der Waals surface area contributed by atoms with E-state index in [1.807, 2.05) is 41.3 Å². The second-order valence-corrected chi connectivity index (χ2v) is 6.75. The number of nitrogens with zero attached hydrogens (tertiary/aromatic N) is 2. The molecule has 6 heteroatoms. The van der Waals surface area contributed by atoms with Crippen molar-refractivity contribution in [3.8, 4) is 5.75 Å². The number of amides is 2. The molecule has 1 aromatic heterocycles. The fraction of sp³-hybridized carbons (Fsp3) is 0.381. The van der Waals surface area contributed by atoms with E-state index in [0.29, 0.717) is 32.5 Å². The van der Waals surface area contributed by atoms with Crippen LogP contribution in [0.2, 0.25) is 0 Å². The van der Waals surface area contributed by atoms with Gasteiger partial charge < -0.3 is 15.0 Å². The van der Waals surface area contributed by atoms with Crippen molar-refractivity contribution in [2.45, 2.75) is 25.8 Å². The first-order valence-corrected chi connectivity index (χ1v) is 9.23. The summed E-state index contributed by atoms with van der Waals surface area (Å²) >= 11 is 0. The Hall–Kier alpha value is -2.89. The third kappa shape index (κ3) is 5.29. The fourth-order valence-corrected chi connectivity index (χ4v) is 3.24. The molecular weight excluding hydrogens is 342 g/mol. The number of ether oxygens (including phenoxy) is 1. The van der Waals surface area contributed by atoms with Crippen LogP contribution in [0.3, 0.4) is 0 Å². The lowest BCUT2D eigenvalue weighted by Crippen LogP contribution is -2.46. The molecule has 1 atom stereocenters. The highest BCUT2D eigenvalue weighted by atomic mass is 16.5. The van der Waals surface area contributed by atoms with Crippen molar-refractivity contribution in [3.05, 3.63) is 59.9 Å². The van der Waals surface area contributed by atoms with Gasteiger partial charge in [-0.15, -0.1) is 0 Å². The molecule has 0 bridgehead atoms. The molecule has 1 N–H and O–H groups in total. The number of benzene rings is 1. The lowest BCUT2D eigenvalue weighted by atomic mass is 9.96. The van der Waals surface area contributed by atoms with Gasteiger partial charge in [-0.3, -0.25) is 14.6 Å². The van der Waals surface area contributed by atoms with Crippen LogP contribution in [0.5, 0.6) is 5.75 Å². The lowest BCUT2D eigenvalue weighted by Gasteiger charge is -2.32. The van der Waals surface area contributed by atoms with Gasteiger partial charge in [-0.05, 0) is 42.2 Å². The molecule has 3 rings (SSSR count). The van der Waals surface area contributed by atoms with Crippen LogP contribution < -0.4 is 10.1 Å². The zero-order chi connectivity index (χ0) is 19.1. The van der Waals surface area contributed by atoms with Crippen molar-refractivity contribution >= 4 is 11.8 Å². The maximum absolute atomic E-state index is 12.5. The third-order valence-corrected chi connectivity index (χ3v) is 4.89. The predicted molar refractivity (Wildman–Crippen MR) is 102 cm³/mol. The van der Waals surface area contributed by atoms with Crippen molar-refractivity contribution in [1.82, 2.24) is 15.2 Å². The van der Waals surface area contributed by atoms with Gasteiger partial charge >= 0.3 is 0 Å². The van der Waals surface area contributed by atoms with Gasteiger partial charge in [0.15, 0.2) is 0 Å². The molecule has 2 amide bonds. The molecule has 6 nitrogen and oxygen atoms in total. The first-order chi connectivity index (χ1) is 13.2. The molecule has 0 saturated carbocycles. The Balaban J connectivity index is 1.50. The number of carbonyl (C=O) groups is 2. The summed E-state index contributed by atoms with van der Waals surface area (Å²) in [6.07, 6.45) is 5.24. The summed E-state index contributed by atoms with van der Waals surface area (Å²) in [4.78, 5) is 30.6. The van der Waals surface area contributed by atoms with E-state index < -0.39 is 0 Å². The van der Waals surface area contributed by atoms with Crippen LogP contribution in [-0.2, 0) is 22.6 Å². The minimum absolute atomic E-state index is 0.000741. The molecule has 1 aromatic carbocycles.